The van der Waals surface area contributed by atoms with E-state index in [9.17, 15) is 4.79 Å². The molecule has 3 aliphatic rings. The van der Waals surface area contributed by atoms with E-state index < -0.39 is 0 Å². The minimum atomic E-state index is -0.286. The normalized spacial score (nSPS) is 31.4. The first-order chi connectivity index (χ1) is 18.2. The highest BCUT2D eigenvalue weighted by Crippen LogP contribution is 2.74. The molecule has 0 amide bonds. The first kappa shape index (κ1) is 32.4. The molecule has 0 spiro atoms. The Hall–Kier alpha value is -2.15. The lowest BCUT2D eigenvalue weighted by Gasteiger charge is -2.66. The van der Waals surface area contributed by atoms with Gasteiger partial charge in [-0.1, -0.05) is 118 Å². The van der Waals surface area contributed by atoms with Crippen LogP contribution in [0.1, 0.15) is 143 Å². The lowest BCUT2D eigenvalue weighted by molar-refractivity contribution is -0.114. The second kappa shape index (κ2) is 11.3. The van der Waals surface area contributed by atoms with Crippen molar-refractivity contribution in [1.82, 2.24) is 0 Å². The molecule has 0 unspecified atom stereocenters. The van der Waals surface area contributed by atoms with Gasteiger partial charge >= 0.3 is 0 Å². The Morgan fingerprint density at radius 2 is 1.57 bits per heavy atom. The molecule has 1 nitrogen and oxygen atoms in total. The molecule has 0 heterocycles. The standard InChI is InChI=1S/C38H54O.CH4/c1-13-14-15-16-17-18-19-31-20-21-32-26(5)37(11)30(9)36(10)22-23(2)33(29(8)39)27(6)38(36,12)28(7)35(37)25(4)34(32)24(31)3;/h20-21,26,30H,4,6,13-19,22H2,1-3,5,7-12H3;1H4/t26-,30+,36+,37-,38-;/m1./s1. The summed E-state index contributed by atoms with van der Waals surface area (Å²) in [5.41, 5.74) is 12.5. The number of fused-ring (bicyclic) bond motifs is 3. The molecule has 1 heteroatoms. The van der Waals surface area contributed by atoms with Gasteiger partial charge in [-0.05, 0) is 103 Å². The SMILES string of the molecule is C.C=C1C2=C(C)[C@@]3(C)C(=C)C(C(C)=O)=C(C)C[C@@]3(C)[C@H](C)[C@@]2(C)[C@H](C)c2ccc(CCCCCCCC)c(C)c21. The Morgan fingerprint density at radius 3 is 2.17 bits per heavy atom. The van der Waals surface area contributed by atoms with Crippen LogP contribution < -0.4 is 0 Å². The molecule has 0 N–H and O–H groups in total. The van der Waals surface area contributed by atoms with E-state index in [-0.39, 0.29) is 29.5 Å². The average molecular weight is 543 g/mol. The summed E-state index contributed by atoms with van der Waals surface area (Å²) in [4.78, 5) is 12.8. The van der Waals surface area contributed by atoms with E-state index >= 15 is 0 Å². The van der Waals surface area contributed by atoms with Crippen molar-refractivity contribution in [3.8, 4) is 0 Å². The number of benzene rings is 1. The van der Waals surface area contributed by atoms with Crippen molar-refractivity contribution in [1.29, 1.82) is 0 Å². The van der Waals surface area contributed by atoms with Crippen molar-refractivity contribution >= 4 is 11.4 Å². The third-order valence-electron chi connectivity index (χ3n) is 12.4. The zero-order valence-corrected chi connectivity index (χ0v) is 26.8. The van der Waals surface area contributed by atoms with Crippen LogP contribution in [0.5, 0.6) is 0 Å². The fraction of sp³-hybridized carbons (Fsp3) is 0.615. The third-order valence-corrected chi connectivity index (χ3v) is 12.4. The van der Waals surface area contributed by atoms with Crippen LogP contribution in [0.15, 0.2) is 53.2 Å². The topological polar surface area (TPSA) is 17.1 Å². The van der Waals surface area contributed by atoms with Gasteiger partial charge in [-0.25, -0.2) is 0 Å². The second-order valence-corrected chi connectivity index (χ2v) is 13.9. The van der Waals surface area contributed by atoms with Crippen LogP contribution in [0.3, 0.4) is 0 Å². The molecule has 0 aliphatic heterocycles. The van der Waals surface area contributed by atoms with Crippen LogP contribution in [0, 0.1) is 29.1 Å². The van der Waals surface area contributed by atoms with E-state index in [2.05, 4.69) is 81.0 Å². The predicted molar refractivity (Wildman–Crippen MR) is 176 cm³/mol. The third kappa shape index (κ3) is 4.28. The number of Topliss-reactive ketones (excluding diaryl/α,β-unsaturated/α-hetero) is 1. The maximum absolute atomic E-state index is 12.8. The van der Waals surface area contributed by atoms with Crippen molar-refractivity contribution < 1.29 is 4.79 Å². The predicted octanol–water partition coefficient (Wildman–Crippen LogP) is 11.5. The van der Waals surface area contributed by atoms with E-state index in [1.807, 2.05) is 0 Å². The lowest BCUT2D eigenvalue weighted by atomic mass is 9.37. The average Bonchev–Trinajstić information content (AvgIpc) is 2.87. The largest absolute Gasteiger partial charge is 0.295 e. The fourth-order valence-electron chi connectivity index (χ4n) is 9.45. The summed E-state index contributed by atoms with van der Waals surface area (Å²) >= 11 is 0. The number of allylic oxidation sites excluding steroid dienone is 6. The maximum Gasteiger partial charge on any atom is 0.160 e. The molecule has 5 atom stereocenters. The minimum Gasteiger partial charge on any atom is -0.295 e. The number of hydrogen-bond acceptors (Lipinski definition) is 1. The Kier molecular flexibility index (Phi) is 9.11. The molecular weight excluding hydrogens is 484 g/mol. The Balaban J connectivity index is 0.00000441. The summed E-state index contributed by atoms with van der Waals surface area (Å²) in [5, 5.41) is 0. The molecule has 0 saturated carbocycles. The first-order valence-corrected chi connectivity index (χ1v) is 15.6. The molecule has 0 fully saturated rings. The summed E-state index contributed by atoms with van der Waals surface area (Å²) in [7, 11) is 0. The fourth-order valence-corrected chi connectivity index (χ4v) is 9.45. The number of unbranched alkanes of at least 4 members (excludes halogenated alkanes) is 5. The van der Waals surface area contributed by atoms with Gasteiger partial charge < -0.3 is 0 Å². The number of aryl methyl sites for hydroxylation is 1. The van der Waals surface area contributed by atoms with E-state index in [0.717, 1.165) is 24.0 Å². The van der Waals surface area contributed by atoms with Gasteiger partial charge in [0.15, 0.2) is 5.78 Å². The quantitative estimate of drug-likeness (QED) is 0.299. The van der Waals surface area contributed by atoms with Crippen LogP contribution in [-0.4, -0.2) is 5.78 Å². The van der Waals surface area contributed by atoms with E-state index in [4.69, 9.17) is 6.58 Å². The van der Waals surface area contributed by atoms with Gasteiger partial charge in [0.2, 0.25) is 0 Å². The summed E-state index contributed by atoms with van der Waals surface area (Å²) in [6, 6.07) is 4.85. The second-order valence-electron chi connectivity index (χ2n) is 13.9. The van der Waals surface area contributed by atoms with Crippen molar-refractivity contribution in [2.45, 2.75) is 134 Å². The van der Waals surface area contributed by atoms with Gasteiger partial charge in [0.1, 0.15) is 0 Å². The smallest absolute Gasteiger partial charge is 0.160 e. The molecule has 40 heavy (non-hydrogen) atoms. The highest BCUT2D eigenvalue weighted by atomic mass is 16.1. The molecule has 1 aromatic carbocycles. The highest BCUT2D eigenvalue weighted by molar-refractivity contribution is 6.00. The molecule has 220 valence electrons. The van der Waals surface area contributed by atoms with Crippen LogP contribution >= 0.6 is 0 Å². The number of ketones is 1. The highest BCUT2D eigenvalue weighted by Gasteiger charge is 2.65. The van der Waals surface area contributed by atoms with Crippen LogP contribution in [-0.2, 0) is 11.2 Å². The van der Waals surface area contributed by atoms with Crippen LogP contribution in [0.2, 0.25) is 0 Å². The zero-order valence-electron chi connectivity index (χ0n) is 26.8. The van der Waals surface area contributed by atoms with Gasteiger partial charge in [-0.15, -0.1) is 0 Å². The monoisotopic (exact) mass is 542 g/mol. The Morgan fingerprint density at radius 1 is 0.975 bits per heavy atom. The van der Waals surface area contributed by atoms with Crippen LogP contribution in [0.4, 0.5) is 0 Å². The summed E-state index contributed by atoms with van der Waals surface area (Å²) in [6.45, 7) is 32.6. The van der Waals surface area contributed by atoms with Crippen molar-refractivity contribution in [3.63, 3.8) is 0 Å². The van der Waals surface area contributed by atoms with Crippen LogP contribution in [0.25, 0.3) is 5.57 Å². The molecule has 0 bridgehead atoms. The summed E-state index contributed by atoms with van der Waals surface area (Å²) in [5.74, 6) is 0.917. The van der Waals surface area contributed by atoms with Gasteiger partial charge in [0, 0.05) is 16.4 Å². The minimum absolute atomic E-state index is 0. The van der Waals surface area contributed by atoms with Gasteiger partial charge in [-0.3, -0.25) is 4.79 Å². The van der Waals surface area contributed by atoms with Gasteiger partial charge in [-0.2, -0.15) is 0 Å². The molecule has 4 rings (SSSR count). The first-order valence-electron chi connectivity index (χ1n) is 15.6. The number of rotatable bonds is 8. The lowest BCUT2D eigenvalue weighted by Crippen LogP contribution is -2.58. The summed E-state index contributed by atoms with van der Waals surface area (Å²) in [6.07, 6.45) is 10.0. The number of hydrogen-bond donors (Lipinski definition) is 0. The van der Waals surface area contributed by atoms with Gasteiger partial charge in [0.05, 0.1) is 0 Å². The zero-order chi connectivity index (χ0) is 29.1. The van der Waals surface area contributed by atoms with Crippen molar-refractivity contribution in [2.24, 2.45) is 22.2 Å². The van der Waals surface area contributed by atoms with Crippen molar-refractivity contribution in [2.75, 3.05) is 0 Å². The van der Waals surface area contributed by atoms with Crippen molar-refractivity contribution in [3.05, 3.63) is 75.4 Å². The Bertz CT molecular complexity index is 1280. The summed E-state index contributed by atoms with van der Waals surface area (Å²) < 4.78 is 0. The Labute approximate surface area is 247 Å². The van der Waals surface area contributed by atoms with E-state index in [0.29, 0.717) is 11.8 Å². The van der Waals surface area contributed by atoms with Gasteiger partial charge in [0.25, 0.3) is 0 Å². The number of carbonyl (C=O) groups is 1. The van der Waals surface area contributed by atoms with E-state index in [1.54, 1.807) is 6.92 Å². The molecule has 0 saturated heterocycles. The molecule has 1 aromatic rings. The molecule has 0 aromatic heterocycles. The molecular formula is C39H58O. The number of carbonyl (C=O) groups excluding carboxylic acids is 1. The molecule has 0 radical (unpaired) electrons. The maximum atomic E-state index is 12.8. The molecule has 3 aliphatic carbocycles. The van der Waals surface area contributed by atoms with E-state index in [1.165, 1.54) is 83.1 Å².